The van der Waals surface area contributed by atoms with E-state index in [9.17, 15) is 132 Å². The molecule has 792 valence electrons. The van der Waals surface area contributed by atoms with Crippen LogP contribution in [0.5, 0.6) is 0 Å². The van der Waals surface area contributed by atoms with Crippen molar-refractivity contribution in [3.63, 3.8) is 0 Å². The Kier molecular flexibility index (Phi) is 35.5. The summed E-state index contributed by atoms with van der Waals surface area (Å²) in [4.78, 5) is 72.1. The Balaban J connectivity index is 0.748. The van der Waals surface area contributed by atoms with E-state index in [1.165, 1.54) is 13.8 Å². The number of aliphatic hydroxyl groups excluding tert-OH is 20. The fraction of sp³-hybridized carbons (Fsp3) is 0.925. The van der Waals surface area contributed by atoms with Gasteiger partial charge in [0.25, 0.3) is 0 Å². The molecule has 0 spiro atoms. The van der Waals surface area contributed by atoms with E-state index < -0.39 is 371 Å². The number of aliphatic hydroxyl groups is 21. The molecule has 13 rings (SSSR count). The molecule has 8 aliphatic heterocycles. The van der Waals surface area contributed by atoms with E-state index >= 15 is 4.79 Å². The molecule has 12 fully saturated rings. The van der Waals surface area contributed by atoms with Crippen LogP contribution < -0.4 is 0 Å². The predicted octanol–water partition coefficient (Wildman–Crippen LogP) is -4.27. The lowest BCUT2D eigenvalue weighted by Crippen LogP contribution is -2.69. The number of allylic oxidation sites excluding steroid dienone is 2. The Morgan fingerprint density at radius 2 is 1.08 bits per heavy atom. The van der Waals surface area contributed by atoms with Crippen molar-refractivity contribution in [2.24, 2.45) is 62.1 Å². The number of ether oxygens (including phenoxy) is 18. The molecular formula is C93H150O45. The summed E-state index contributed by atoms with van der Waals surface area (Å²) in [5, 5.41) is 247. The van der Waals surface area contributed by atoms with E-state index in [-0.39, 0.29) is 43.9 Å². The first-order valence-corrected chi connectivity index (χ1v) is 48.7. The summed E-state index contributed by atoms with van der Waals surface area (Å²) in [6.07, 6.45) is -64.5. The fourth-order valence-corrected chi connectivity index (χ4v) is 24.3. The van der Waals surface area contributed by atoms with Crippen LogP contribution in [0.15, 0.2) is 11.6 Å². The maximum Gasteiger partial charge on any atom is 0.335 e. The van der Waals surface area contributed by atoms with Crippen LogP contribution in [0.1, 0.15) is 193 Å². The summed E-state index contributed by atoms with van der Waals surface area (Å²) in [5.41, 5.74) is -7.66. The van der Waals surface area contributed by atoms with E-state index in [0.717, 1.165) is 11.9 Å². The maximum absolute atomic E-state index is 16.4. The Labute approximate surface area is 799 Å². The number of carboxylic acid groups (broad SMARTS) is 1. The first-order chi connectivity index (χ1) is 64.8. The molecule has 5 aliphatic carbocycles. The molecule has 8 saturated heterocycles. The number of hydrogen-bond acceptors (Lipinski definition) is 44. The highest BCUT2D eigenvalue weighted by Gasteiger charge is 2.74. The van der Waals surface area contributed by atoms with Crippen LogP contribution in [0.2, 0.25) is 0 Å². The molecule has 22 N–H and O–H groups in total. The van der Waals surface area contributed by atoms with E-state index in [0.29, 0.717) is 57.8 Å². The van der Waals surface area contributed by atoms with Crippen molar-refractivity contribution in [1.82, 2.24) is 0 Å². The summed E-state index contributed by atoms with van der Waals surface area (Å²) in [5.74, 6) is -7.09. The van der Waals surface area contributed by atoms with Crippen molar-refractivity contribution in [3.05, 3.63) is 11.6 Å². The van der Waals surface area contributed by atoms with Gasteiger partial charge in [-0.15, -0.1) is 0 Å². The lowest BCUT2D eigenvalue weighted by Gasteiger charge is -2.71. The normalized spacial score (nSPS) is 48.7. The van der Waals surface area contributed by atoms with E-state index in [1.54, 1.807) is 27.7 Å². The molecule has 45 heteroatoms. The molecule has 0 aromatic carbocycles. The number of esters is 3. The molecule has 0 aromatic heterocycles. The smallest absolute Gasteiger partial charge is 0.335 e. The van der Waals surface area contributed by atoms with Crippen LogP contribution in [-0.2, 0) is 109 Å². The number of carboxylic acids is 1. The first kappa shape index (κ1) is 111. The summed E-state index contributed by atoms with van der Waals surface area (Å²) < 4.78 is 109. The molecule has 4 saturated carbocycles. The van der Waals surface area contributed by atoms with Crippen molar-refractivity contribution in [3.8, 4) is 0 Å². The highest BCUT2D eigenvalue weighted by atomic mass is 16.8. The topological polar surface area (TPSA) is 697 Å². The van der Waals surface area contributed by atoms with Gasteiger partial charge >= 0.3 is 23.9 Å². The number of aliphatic carboxylic acids is 1. The summed E-state index contributed by atoms with van der Waals surface area (Å²) in [7, 11) is 0. The molecule has 138 heavy (non-hydrogen) atoms. The number of aldehydes is 1. The summed E-state index contributed by atoms with van der Waals surface area (Å²) in [6, 6.07) is 0. The molecule has 17 unspecified atom stereocenters. The predicted molar refractivity (Wildman–Crippen MR) is 461 cm³/mol. The molecule has 45 nitrogen and oxygen atoms in total. The van der Waals surface area contributed by atoms with E-state index in [2.05, 4.69) is 26.8 Å². The van der Waals surface area contributed by atoms with Crippen LogP contribution in [0.3, 0.4) is 0 Å². The quantitative estimate of drug-likeness (QED) is 0.00939. The Hall–Kier alpha value is -4.15. The number of fused-ring (bicyclic) bond motifs is 7. The second kappa shape index (κ2) is 44.1. The third-order valence-electron chi connectivity index (χ3n) is 33.5. The summed E-state index contributed by atoms with van der Waals surface area (Å²) in [6.45, 7) is 20.1. The molecule has 13 aliphatic rings. The van der Waals surface area contributed by atoms with Gasteiger partial charge in [0.15, 0.2) is 62.3 Å². The molecule has 0 radical (unpaired) electrons. The van der Waals surface area contributed by atoms with Gasteiger partial charge in [-0.1, -0.05) is 101 Å². The Morgan fingerprint density at radius 3 is 1.71 bits per heavy atom. The van der Waals surface area contributed by atoms with Gasteiger partial charge in [0.2, 0.25) is 6.29 Å². The average molecular weight is 1990 g/mol. The third-order valence-corrected chi connectivity index (χ3v) is 33.5. The van der Waals surface area contributed by atoms with Crippen LogP contribution in [-0.4, -0.2) is 427 Å². The molecule has 8 heterocycles. The van der Waals surface area contributed by atoms with Crippen molar-refractivity contribution in [2.75, 3.05) is 33.0 Å². The van der Waals surface area contributed by atoms with E-state index in [4.69, 9.17) is 85.3 Å². The largest absolute Gasteiger partial charge is 0.479 e. The van der Waals surface area contributed by atoms with Crippen LogP contribution in [0.4, 0.5) is 0 Å². The number of hydrogen-bond donors (Lipinski definition) is 22. The lowest BCUT2D eigenvalue weighted by molar-refractivity contribution is -0.391. The SMILES string of the molecule is CC[C@@H]1O[C@@H](O[C@@H](C[C@H](O)CC(=O)O[C@@H](C[C@H](O)CC(=O)O[C@@H]2C(C)O[C@@H](OC(=O)[C@]34CCC(C)(C)CC3C3=CCC5[C@@]6(C)CC[C@H](O[C@@H]7OC(C(=O)O)[C@H](O)[C@H](O[C@@H]8OC[C@@H](O)[C@H](O)C8O)C7O[C@@H]7OC(CO)[C@H](O)[C@H](O)C7O)[C@@](C)(C=O)C6CC[C@@]5(C)[C@]3(C)C[C@H]4O)[C@H](O[C@@H]3OC(C)[C@H](O[C@@H]4OCC(O)[C@H](O[C@@H]5OC[C@](O)(CO)C5O)C4O)C(O)[C@@H]3O)C2O)[C@@H](C)CC)[C@@H](C)CC)C(O)C1O. The van der Waals surface area contributed by atoms with Gasteiger partial charge in [0, 0.05) is 12.8 Å². The Bertz CT molecular complexity index is 4100. The molecule has 51 atom stereocenters. The van der Waals surface area contributed by atoms with Gasteiger partial charge in [-0.3, -0.25) is 14.4 Å². The minimum atomic E-state index is -2.26. The van der Waals surface area contributed by atoms with Gasteiger partial charge < -0.3 is 202 Å². The van der Waals surface area contributed by atoms with Gasteiger partial charge in [0.1, 0.15) is 145 Å². The first-order valence-electron chi connectivity index (χ1n) is 48.7. The standard InChI is InChI=1S/C93H150O45/c1-14-37(4)48(126-55(102)27-42(98)26-49(38(5)15-2)128-81-63(110)58(105)47(16-3)127-81)25-41(97)28-56(103)131-70-40(7)125-83(74(66(70)113)136-80-65(112)61(108)69(39(6)124-80)132-79-68(115)71(46(100)33-122-79)133-85-76(116)92(120,35-96)36-123-85)138-86(119)93-24-23-87(8,9)29-44(93)43-17-18-52-88(10)21-20-54(89(11,34-95)51(88)19-22-90(52,12)91(43,13)30-53(93)101)130-84-75(137-82-64(111)60(107)59(106)50(31-94)129-82)72(67(114)73(135-84)77(117)118)134-78-62(109)57(104)45(99)32-121-78/h17,34,37-42,44-54,57-76,78-85,94,96-101,104-116,120H,14-16,18-33,35-36H2,1-13H3,(H,117,118)/t37-,38-,39?,40?,41-,42-,44?,45+,46?,47-,48-,49-,50?,51?,52?,53+,54-,57-,58?,59-,60-,61?,62?,63?,64?,65-,66?,67+,68?,69-,70+,71-,72-,73?,74+,75?,76?,78-,79-,80-,81-,82-,83-,84+,85-,88-,89-,90+,91+,92+,93+/m0/s1. The van der Waals surface area contributed by atoms with Crippen LogP contribution in [0, 0.1) is 62.1 Å². The van der Waals surface area contributed by atoms with Crippen LogP contribution in [0.25, 0.3) is 0 Å². The highest BCUT2D eigenvalue weighted by molar-refractivity contribution is 5.80. The second-order valence-corrected chi connectivity index (χ2v) is 42.8. The molecule has 0 aromatic rings. The number of carbonyl (C=O) groups excluding carboxylic acids is 4. The third kappa shape index (κ3) is 21.4. The highest BCUT2D eigenvalue weighted by Crippen LogP contribution is 2.76. The fourth-order valence-electron chi connectivity index (χ4n) is 24.3. The van der Waals surface area contributed by atoms with Crippen LogP contribution >= 0.6 is 0 Å². The van der Waals surface area contributed by atoms with E-state index in [1.807, 2.05) is 27.7 Å². The minimum absolute atomic E-state index is 0.0186. The monoisotopic (exact) mass is 1990 g/mol. The average Bonchev–Trinajstić information content (AvgIpc) is 0.692. The zero-order chi connectivity index (χ0) is 101. The molecule has 0 bridgehead atoms. The van der Waals surface area contributed by atoms with Crippen molar-refractivity contribution in [2.45, 2.75) is 444 Å². The zero-order valence-electron chi connectivity index (χ0n) is 80.2. The van der Waals surface area contributed by atoms with Gasteiger partial charge in [-0.2, -0.15) is 0 Å². The second-order valence-electron chi connectivity index (χ2n) is 42.8. The number of rotatable bonds is 35. The van der Waals surface area contributed by atoms with Gasteiger partial charge in [0.05, 0.1) is 100 Å². The molecule has 0 amide bonds. The van der Waals surface area contributed by atoms with Gasteiger partial charge in [-0.25, -0.2) is 4.79 Å². The van der Waals surface area contributed by atoms with Crippen molar-refractivity contribution >= 4 is 30.2 Å². The minimum Gasteiger partial charge on any atom is -0.479 e. The molecular weight excluding hydrogens is 1840 g/mol. The van der Waals surface area contributed by atoms with Crippen molar-refractivity contribution in [1.29, 1.82) is 0 Å². The number of carbonyl (C=O) groups is 5. The van der Waals surface area contributed by atoms with Gasteiger partial charge in [-0.05, 0) is 129 Å². The maximum atomic E-state index is 16.4. The zero-order valence-corrected chi connectivity index (χ0v) is 80.2. The Morgan fingerprint density at radius 1 is 0.514 bits per heavy atom. The summed E-state index contributed by atoms with van der Waals surface area (Å²) >= 11 is 0. The van der Waals surface area contributed by atoms with Crippen molar-refractivity contribution < 1.29 is 222 Å². The lowest BCUT2D eigenvalue weighted by atomic mass is 9.33.